The van der Waals surface area contributed by atoms with E-state index in [1.165, 1.54) is 5.56 Å². The zero-order chi connectivity index (χ0) is 14.3. The van der Waals surface area contributed by atoms with Crippen molar-refractivity contribution in [3.05, 3.63) is 29.3 Å². The van der Waals surface area contributed by atoms with E-state index in [0.29, 0.717) is 0 Å². The molecule has 0 saturated carbocycles. The van der Waals surface area contributed by atoms with E-state index >= 15 is 0 Å². The van der Waals surface area contributed by atoms with Gasteiger partial charge in [-0.05, 0) is 38.3 Å². The second-order valence-electron chi connectivity index (χ2n) is 5.19. The molecule has 0 radical (unpaired) electrons. The van der Waals surface area contributed by atoms with Crippen LogP contribution < -0.4 is 10.6 Å². The molecule has 0 fully saturated rings. The van der Waals surface area contributed by atoms with Crippen LogP contribution in [0.3, 0.4) is 0 Å². The number of nitrogens with one attached hydrogen (secondary N) is 2. The molecule has 2 N–H and O–H groups in total. The normalized spacial score (nSPS) is 10.6. The van der Waals surface area contributed by atoms with Gasteiger partial charge in [-0.3, -0.25) is 0 Å². The molecule has 3 heteroatoms. The van der Waals surface area contributed by atoms with Crippen molar-refractivity contribution in [3.63, 3.8) is 0 Å². The predicted octanol–water partition coefficient (Wildman–Crippen LogP) is 4.39. The first-order valence-electron chi connectivity index (χ1n) is 7.21. The van der Waals surface area contributed by atoms with E-state index < -0.39 is 0 Å². The summed E-state index contributed by atoms with van der Waals surface area (Å²) in [6.07, 6.45) is 4.26. The lowest BCUT2D eigenvalue weighted by molar-refractivity contribution is 0.246. The predicted molar refractivity (Wildman–Crippen MR) is 81.7 cm³/mol. The van der Waals surface area contributed by atoms with Crippen LogP contribution >= 0.6 is 0 Å². The molecule has 0 spiro atoms. The first kappa shape index (κ1) is 15.5. The zero-order valence-electron chi connectivity index (χ0n) is 12.5. The molecule has 2 amide bonds. The van der Waals surface area contributed by atoms with Gasteiger partial charge in [0, 0.05) is 11.7 Å². The molecule has 0 aliphatic heterocycles. The highest BCUT2D eigenvalue weighted by Crippen LogP contribution is 2.16. The molecule has 1 rings (SSSR count). The Morgan fingerprint density at radius 1 is 1.16 bits per heavy atom. The molecule has 0 heterocycles. The number of amides is 2. The maximum Gasteiger partial charge on any atom is 0.319 e. The van der Waals surface area contributed by atoms with Crippen LogP contribution in [-0.4, -0.2) is 12.1 Å². The maximum absolute atomic E-state index is 12.0. The van der Waals surface area contributed by atoms with E-state index in [4.69, 9.17) is 0 Å². The molecule has 0 unspecified atom stereocenters. The van der Waals surface area contributed by atoms with Gasteiger partial charge in [-0.2, -0.15) is 0 Å². The Kier molecular flexibility index (Phi) is 6.40. The number of carbonyl (C=O) groups excluding carboxylic acids is 1. The molecule has 0 bridgehead atoms. The van der Waals surface area contributed by atoms with Gasteiger partial charge in [-0.15, -0.1) is 0 Å². The smallest absolute Gasteiger partial charge is 0.319 e. The van der Waals surface area contributed by atoms with Crippen LogP contribution in [0.2, 0.25) is 0 Å². The van der Waals surface area contributed by atoms with Gasteiger partial charge < -0.3 is 10.6 Å². The Hall–Kier alpha value is -1.51. The third-order valence-electron chi connectivity index (χ3n) is 3.24. The Balaban J connectivity index is 2.58. The number of urea groups is 1. The van der Waals surface area contributed by atoms with Crippen molar-refractivity contribution in [1.82, 2.24) is 5.32 Å². The lowest BCUT2D eigenvalue weighted by Gasteiger charge is -2.18. The highest BCUT2D eigenvalue weighted by atomic mass is 16.2. The Morgan fingerprint density at radius 2 is 1.79 bits per heavy atom. The second-order valence-corrected chi connectivity index (χ2v) is 5.19. The number of benzene rings is 1. The molecule has 1 aromatic rings. The Bertz CT molecular complexity index is 409. The molecule has 0 atom stereocenters. The molecule has 0 saturated heterocycles. The van der Waals surface area contributed by atoms with Crippen LogP contribution in [0.15, 0.2) is 18.2 Å². The minimum absolute atomic E-state index is 0.0983. The number of hydrogen-bond acceptors (Lipinski definition) is 1. The van der Waals surface area contributed by atoms with Gasteiger partial charge >= 0.3 is 6.03 Å². The lowest BCUT2D eigenvalue weighted by atomic mass is 10.1. The van der Waals surface area contributed by atoms with Gasteiger partial charge in [0.25, 0.3) is 0 Å². The molecule has 0 aliphatic carbocycles. The first-order valence-corrected chi connectivity index (χ1v) is 7.21. The monoisotopic (exact) mass is 262 g/mol. The fourth-order valence-corrected chi connectivity index (χ4v) is 2.28. The van der Waals surface area contributed by atoms with Gasteiger partial charge in [0.1, 0.15) is 0 Å². The van der Waals surface area contributed by atoms with Crippen molar-refractivity contribution in [3.8, 4) is 0 Å². The summed E-state index contributed by atoms with van der Waals surface area (Å²) >= 11 is 0. The fraction of sp³-hybridized carbons (Fsp3) is 0.562. The molecule has 0 aliphatic rings. The van der Waals surface area contributed by atoms with Crippen LogP contribution in [0.5, 0.6) is 0 Å². The summed E-state index contributed by atoms with van der Waals surface area (Å²) in [4.78, 5) is 12.0. The molecule has 1 aromatic carbocycles. The van der Waals surface area contributed by atoms with Crippen molar-refractivity contribution in [2.24, 2.45) is 0 Å². The molecule has 0 aromatic heterocycles. The summed E-state index contributed by atoms with van der Waals surface area (Å²) in [5.74, 6) is 0. The summed E-state index contributed by atoms with van der Waals surface area (Å²) < 4.78 is 0. The number of aryl methyl sites for hydroxylation is 2. The van der Waals surface area contributed by atoms with Gasteiger partial charge in [0.05, 0.1) is 0 Å². The van der Waals surface area contributed by atoms with Crippen LogP contribution in [0.4, 0.5) is 10.5 Å². The van der Waals surface area contributed by atoms with Gasteiger partial charge in [0.15, 0.2) is 0 Å². The maximum atomic E-state index is 12.0. The highest BCUT2D eigenvalue weighted by Gasteiger charge is 2.11. The first-order chi connectivity index (χ1) is 9.06. The Morgan fingerprint density at radius 3 is 2.32 bits per heavy atom. The molecule has 19 heavy (non-hydrogen) atoms. The summed E-state index contributed by atoms with van der Waals surface area (Å²) in [5, 5.41) is 5.99. The number of carbonyl (C=O) groups is 1. The van der Waals surface area contributed by atoms with Gasteiger partial charge in [-0.1, -0.05) is 44.4 Å². The largest absolute Gasteiger partial charge is 0.335 e. The van der Waals surface area contributed by atoms with Gasteiger partial charge in [0.2, 0.25) is 0 Å². The van der Waals surface area contributed by atoms with Crippen molar-refractivity contribution < 1.29 is 4.79 Å². The average molecular weight is 262 g/mol. The molecule has 3 nitrogen and oxygen atoms in total. The fourth-order valence-electron chi connectivity index (χ4n) is 2.28. The van der Waals surface area contributed by atoms with Crippen LogP contribution in [-0.2, 0) is 0 Å². The van der Waals surface area contributed by atoms with Crippen LogP contribution in [0.1, 0.15) is 50.7 Å². The van der Waals surface area contributed by atoms with E-state index in [2.05, 4.69) is 37.5 Å². The molecular weight excluding hydrogens is 236 g/mol. The second kappa shape index (κ2) is 7.82. The molecule has 106 valence electrons. The summed E-state index contributed by atoms with van der Waals surface area (Å²) in [6, 6.07) is 6.22. The number of anilines is 1. The van der Waals surface area contributed by atoms with Crippen molar-refractivity contribution in [2.75, 3.05) is 5.32 Å². The van der Waals surface area contributed by atoms with E-state index in [1.807, 2.05) is 19.1 Å². The third-order valence-corrected chi connectivity index (χ3v) is 3.24. The topological polar surface area (TPSA) is 41.1 Å². The summed E-state index contributed by atoms with van der Waals surface area (Å²) in [6.45, 7) is 8.35. The number of rotatable bonds is 6. The van der Waals surface area contributed by atoms with Crippen molar-refractivity contribution in [2.45, 2.75) is 59.4 Å². The third kappa shape index (κ3) is 5.33. The van der Waals surface area contributed by atoms with E-state index in [1.54, 1.807) is 0 Å². The van der Waals surface area contributed by atoms with Crippen LogP contribution in [0.25, 0.3) is 0 Å². The quantitative estimate of drug-likeness (QED) is 0.784. The summed E-state index contributed by atoms with van der Waals surface area (Å²) in [5.41, 5.74) is 3.19. The van der Waals surface area contributed by atoms with Crippen LogP contribution in [0, 0.1) is 13.8 Å². The van der Waals surface area contributed by atoms with Crippen molar-refractivity contribution in [1.29, 1.82) is 0 Å². The zero-order valence-corrected chi connectivity index (χ0v) is 12.5. The van der Waals surface area contributed by atoms with E-state index in [0.717, 1.165) is 36.9 Å². The number of hydrogen-bond donors (Lipinski definition) is 2. The van der Waals surface area contributed by atoms with E-state index in [9.17, 15) is 4.79 Å². The minimum atomic E-state index is -0.0983. The minimum Gasteiger partial charge on any atom is -0.335 e. The van der Waals surface area contributed by atoms with Gasteiger partial charge in [-0.25, -0.2) is 4.79 Å². The van der Waals surface area contributed by atoms with Crippen molar-refractivity contribution >= 4 is 11.7 Å². The average Bonchev–Trinajstić information content (AvgIpc) is 2.33. The highest BCUT2D eigenvalue weighted by molar-refractivity contribution is 5.90. The van der Waals surface area contributed by atoms with E-state index in [-0.39, 0.29) is 12.1 Å². The lowest BCUT2D eigenvalue weighted by Crippen LogP contribution is -2.37. The standard InChI is InChI=1S/C16H26N2O/c1-5-7-14(8-6-2)17-16(19)18-15-10-9-12(3)11-13(15)4/h9-11,14H,5-8H2,1-4H3,(H2,17,18,19). The Labute approximate surface area is 116 Å². The SMILES string of the molecule is CCCC(CCC)NC(=O)Nc1ccc(C)cc1C. The summed E-state index contributed by atoms with van der Waals surface area (Å²) in [7, 11) is 0. The molecular formula is C16H26N2O.